The predicted octanol–water partition coefficient (Wildman–Crippen LogP) is 3.20. The molecular weight excluding hydrogens is 172 g/mol. The number of rotatable bonds is 1. The van der Waals surface area contributed by atoms with E-state index in [1.165, 1.54) is 29.5 Å². The van der Waals surface area contributed by atoms with E-state index in [-0.39, 0.29) is 0 Å². The molecule has 0 amide bonds. The van der Waals surface area contributed by atoms with E-state index in [1.54, 1.807) is 0 Å². The quantitative estimate of drug-likeness (QED) is 0.660. The van der Waals surface area contributed by atoms with E-state index in [1.807, 2.05) is 0 Å². The number of hydrogen-bond donors (Lipinski definition) is 0. The number of ether oxygens (including phenoxy) is 1. The van der Waals surface area contributed by atoms with Crippen molar-refractivity contribution in [1.82, 2.24) is 0 Å². The monoisotopic (exact) mass is 190 g/mol. The summed E-state index contributed by atoms with van der Waals surface area (Å²) in [4.78, 5) is 0. The average Bonchev–Trinajstić information content (AvgIpc) is 2.23. The minimum atomic E-state index is 0.628. The van der Waals surface area contributed by atoms with Crippen LogP contribution in [0.4, 0.5) is 0 Å². The van der Waals surface area contributed by atoms with E-state index in [9.17, 15) is 0 Å². The fourth-order valence-corrected chi connectivity index (χ4v) is 2.20. The Morgan fingerprint density at radius 3 is 2.86 bits per heavy atom. The standard InChI is InChI=1S/C13H18O/c1-10-5-3-7-13(11(10)2)12-6-4-8-14-9-12/h3,5,7,12H,4,6,8-9H2,1-2H3. The van der Waals surface area contributed by atoms with Crippen molar-refractivity contribution in [2.24, 2.45) is 0 Å². The second kappa shape index (κ2) is 4.14. The third kappa shape index (κ3) is 1.83. The third-order valence-corrected chi connectivity index (χ3v) is 3.25. The summed E-state index contributed by atoms with van der Waals surface area (Å²) >= 11 is 0. The van der Waals surface area contributed by atoms with Gasteiger partial charge in [0.05, 0.1) is 6.61 Å². The maximum absolute atomic E-state index is 5.53. The van der Waals surface area contributed by atoms with E-state index in [2.05, 4.69) is 32.0 Å². The van der Waals surface area contributed by atoms with Crippen molar-refractivity contribution in [3.8, 4) is 0 Å². The summed E-state index contributed by atoms with van der Waals surface area (Å²) in [6.45, 7) is 6.26. The summed E-state index contributed by atoms with van der Waals surface area (Å²) in [5.74, 6) is 0.628. The van der Waals surface area contributed by atoms with Gasteiger partial charge >= 0.3 is 0 Å². The van der Waals surface area contributed by atoms with Crippen LogP contribution in [0.5, 0.6) is 0 Å². The molecule has 1 aliphatic heterocycles. The Balaban J connectivity index is 2.26. The molecule has 1 aromatic rings. The molecule has 0 radical (unpaired) electrons. The van der Waals surface area contributed by atoms with Crippen molar-refractivity contribution >= 4 is 0 Å². The lowest BCUT2D eigenvalue weighted by Gasteiger charge is -2.24. The first-order valence-corrected chi connectivity index (χ1v) is 5.43. The van der Waals surface area contributed by atoms with Gasteiger partial charge in [-0.25, -0.2) is 0 Å². The van der Waals surface area contributed by atoms with E-state index in [0.717, 1.165) is 13.2 Å². The van der Waals surface area contributed by atoms with E-state index < -0.39 is 0 Å². The SMILES string of the molecule is Cc1cccc(C2CCCOC2)c1C. The van der Waals surface area contributed by atoms with Gasteiger partial charge in [-0.1, -0.05) is 18.2 Å². The Morgan fingerprint density at radius 2 is 2.14 bits per heavy atom. The van der Waals surface area contributed by atoms with Gasteiger partial charge in [0.2, 0.25) is 0 Å². The first-order chi connectivity index (χ1) is 6.79. The molecule has 1 nitrogen and oxygen atoms in total. The van der Waals surface area contributed by atoms with Gasteiger partial charge in [-0.3, -0.25) is 0 Å². The maximum Gasteiger partial charge on any atom is 0.0534 e. The van der Waals surface area contributed by atoms with Crippen molar-refractivity contribution in [3.63, 3.8) is 0 Å². The van der Waals surface area contributed by atoms with Crippen LogP contribution in [-0.2, 0) is 4.74 Å². The highest BCUT2D eigenvalue weighted by Crippen LogP contribution is 2.28. The summed E-state index contributed by atoms with van der Waals surface area (Å²) in [7, 11) is 0. The summed E-state index contributed by atoms with van der Waals surface area (Å²) < 4.78 is 5.53. The molecule has 1 fully saturated rings. The van der Waals surface area contributed by atoms with E-state index in [0.29, 0.717) is 5.92 Å². The summed E-state index contributed by atoms with van der Waals surface area (Å²) in [5, 5.41) is 0. The van der Waals surface area contributed by atoms with Gasteiger partial charge in [-0.15, -0.1) is 0 Å². The molecule has 0 N–H and O–H groups in total. The normalized spacial score (nSPS) is 22.3. The number of benzene rings is 1. The average molecular weight is 190 g/mol. The molecule has 1 aromatic carbocycles. The zero-order valence-corrected chi connectivity index (χ0v) is 9.05. The van der Waals surface area contributed by atoms with Gasteiger partial charge in [-0.2, -0.15) is 0 Å². The topological polar surface area (TPSA) is 9.23 Å². The lowest BCUT2D eigenvalue weighted by Crippen LogP contribution is -2.16. The Hall–Kier alpha value is -0.820. The molecule has 76 valence electrons. The van der Waals surface area contributed by atoms with Gasteiger partial charge in [0.15, 0.2) is 0 Å². The van der Waals surface area contributed by atoms with Gasteiger partial charge in [0, 0.05) is 12.5 Å². The largest absolute Gasteiger partial charge is 0.381 e. The first-order valence-electron chi connectivity index (χ1n) is 5.43. The number of aryl methyl sites for hydroxylation is 1. The molecule has 0 aliphatic carbocycles. The molecule has 14 heavy (non-hydrogen) atoms. The molecule has 2 rings (SSSR count). The van der Waals surface area contributed by atoms with Crippen LogP contribution in [-0.4, -0.2) is 13.2 Å². The van der Waals surface area contributed by atoms with Crippen molar-refractivity contribution in [2.75, 3.05) is 13.2 Å². The smallest absolute Gasteiger partial charge is 0.0534 e. The Morgan fingerprint density at radius 1 is 1.29 bits per heavy atom. The second-order valence-electron chi connectivity index (χ2n) is 4.20. The molecule has 1 heteroatoms. The predicted molar refractivity (Wildman–Crippen MR) is 58.7 cm³/mol. The lowest BCUT2D eigenvalue weighted by atomic mass is 9.89. The molecule has 1 aliphatic rings. The highest BCUT2D eigenvalue weighted by atomic mass is 16.5. The minimum Gasteiger partial charge on any atom is -0.381 e. The van der Waals surface area contributed by atoms with Crippen molar-refractivity contribution in [3.05, 3.63) is 34.9 Å². The van der Waals surface area contributed by atoms with Crippen LogP contribution in [0.2, 0.25) is 0 Å². The summed E-state index contributed by atoms with van der Waals surface area (Å²) in [6, 6.07) is 6.59. The molecule has 1 atom stereocenters. The zero-order valence-electron chi connectivity index (χ0n) is 9.05. The van der Waals surface area contributed by atoms with Gasteiger partial charge in [-0.05, 0) is 43.4 Å². The van der Waals surface area contributed by atoms with E-state index in [4.69, 9.17) is 4.74 Å². The van der Waals surface area contributed by atoms with Crippen LogP contribution in [0, 0.1) is 13.8 Å². The highest BCUT2D eigenvalue weighted by Gasteiger charge is 2.17. The lowest BCUT2D eigenvalue weighted by molar-refractivity contribution is 0.0802. The van der Waals surface area contributed by atoms with Gasteiger partial charge in [0.25, 0.3) is 0 Å². The number of hydrogen-bond acceptors (Lipinski definition) is 1. The molecular formula is C13H18O. The summed E-state index contributed by atoms with van der Waals surface area (Å²) in [5.41, 5.74) is 4.33. The fourth-order valence-electron chi connectivity index (χ4n) is 2.20. The first kappa shape index (κ1) is 9.72. The van der Waals surface area contributed by atoms with Crippen LogP contribution in [0.15, 0.2) is 18.2 Å². The van der Waals surface area contributed by atoms with Crippen LogP contribution in [0.3, 0.4) is 0 Å². The molecule has 1 unspecified atom stereocenters. The van der Waals surface area contributed by atoms with Crippen LogP contribution < -0.4 is 0 Å². The van der Waals surface area contributed by atoms with Crippen molar-refractivity contribution in [2.45, 2.75) is 32.6 Å². The van der Waals surface area contributed by atoms with Gasteiger partial charge < -0.3 is 4.74 Å². The zero-order chi connectivity index (χ0) is 9.97. The van der Waals surface area contributed by atoms with Crippen LogP contribution in [0.25, 0.3) is 0 Å². The fraction of sp³-hybridized carbons (Fsp3) is 0.538. The molecule has 0 aromatic heterocycles. The van der Waals surface area contributed by atoms with Gasteiger partial charge in [0.1, 0.15) is 0 Å². The third-order valence-electron chi connectivity index (χ3n) is 3.25. The minimum absolute atomic E-state index is 0.628. The molecule has 1 saturated heterocycles. The summed E-state index contributed by atoms with van der Waals surface area (Å²) in [6.07, 6.45) is 2.49. The highest BCUT2D eigenvalue weighted by molar-refractivity contribution is 5.35. The molecule has 0 saturated carbocycles. The van der Waals surface area contributed by atoms with Crippen LogP contribution >= 0.6 is 0 Å². The Labute approximate surface area is 86.1 Å². The molecule has 1 heterocycles. The van der Waals surface area contributed by atoms with Crippen molar-refractivity contribution < 1.29 is 4.74 Å². The second-order valence-corrected chi connectivity index (χ2v) is 4.20. The Kier molecular flexibility index (Phi) is 2.87. The molecule has 0 bridgehead atoms. The molecule has 0 spiro atoms. The van der Waals surface area contributed by atoms with E-state index >= 15 is 0 Å². The van der Waals surface area contributed by atoms with Crippen LogP contribution in [0.1, 0.15) is 35.4 Å². The Bertz CT molecular complexity index is 311. The maximum atomic E-state index is 5.53. The van der Waals surface area contributed by atoms with Crippen molar-refractivity contribution in [1.29, 1.82) is 0 Å².